The lowest BCUT2D eigenvalue weighted by Crippen LogP contribution is -2.46. The Bertz CT molecular complexity index is 487. The summed E-state index contributed by atoms with van der Waals surface area (Å²) in [6.07, 6.45) is 2.43. The molecule has 1 aromatic carbocycles. The highest BCUT2D eigenvalue weighted by Crippen LogP contribution is 2.23. The number of piperidine rings is 1. The number of hydrogen-bond acceptors (Lipinski definition) is 3. The SMILES string of the molecule is Cc1ccc(N)cc1NC(=O)CN1CCCC(C)C1C. The average Bonchev–Trinajstić information content (AvgIpc) is 2.39. The fourth-order valence-electron chi connectivity index (χ4n) is 2.79. The van der Waals surface area contributed by atoms with Crippen molar-refractivity contribution in [3.05, 3.63) is 23.8 Å². The number of amides is 1. The van der Waals surface area contributed by atoms with Gasteiger partial charge in [0.1, 0.15) is 0 Å². The van der Waals surface area contributed by atoms with Gasteiger partial charge in [-0.25, -0.2) is 0 Å². The first kappa shape index (κ1) is 14.9. The van der Waals surface area contributed by atoms with Gasteiger partial charge < -0.3 is 11.1 Å². The molecular weight excluding hydrogens is 250 g/mol. The third-order valence-corrected chi connectivity index (χ3v) is 4.39. The van der Waals surface area contributed by atoms with Crippen LogP contribution in [-0.4, -0.2) is 29.9 Å². The second-order valence-corrected chi connectivity index (χ2v) is 5.95. The van der Waals surface area contributed by atoms with Crippen LogP contribution >= 0.6 is 0 Å². The predicted octanol–water partition coefficient (Wildman–Crippen LogP) is 2.64. The summed E-state index contributed by atoms with van der Waals surface area (Å²) in [5.74, 6) is 0.699. The van der Waals surface area contributed by atoms with Crippen LogP contribution in [0.2, 0.25) is 0 Å². The van der Waals surface area contributed by atoms with Crippen molar-refractivity contribution in [2.24, 2.45) is 5.92 Å². The maximum atomic E-state index is 12.2. The molecular formula is C16H25N3O. The summed E-state index contributed by atoms with van der Waals surface area (Å²) in [6, 6.07) is 6.06. The maximum Gasteiger partial charge on any atom is 0.238 e. The van der Waals surface area contributed by atoms with Gasteiger partial charge in [-0.15, -0.1) is 0 Å². The Morgan fingerprint density at radius 1 is 1.45 bits per heavy atom. The largest absolute Gasteiger partial charge is 0.399 e. The predicted molar refractivity (Wildman–Crippen MR) is 83.7 cm³/mol. The number of rotatable bonds is 3. The lowest BCUT2D eigenvalue weighted by atomic mass is 9.92. The zero-order valence-electron chi connectivity index (χ0n) is 12.6. The summed E-state index contributed by atoms with van der Waals surface area (Å²) in [4.78, 5) is 14.5. The molecule has 2 atom stereocenters. The smallest absolute Gasteiger partial charge is 0.238 e. The minimum atomic E-state index is 0.0413. The van der Waals surface area contributed by atoms with E-state index in [1.807, 2.05) is 25.1 Å². The monoisotopic (exact) mass is 275 g/mol. The van der Waals surface area contributed by atoms with Crippen molar-refractivity contribution >= 4 is 17.3 Å². The highest BCUT2D eigenvalue weighted by Gasteiger charge is 2.26. The van der Waals surface area contributed by atoms with Gasteiger partial charge in [0.05, 0.1) is 6.54 Å². The van der Waals surface area contributed by atoms with Gasteiger partial charge in [0, 0.05) is 17.4 Å². The molecule has 4 heteroatoms. The molecule has 2 unspecified atom stereocenters. The molecule has 3 N–H and O–H groups in total. The molecule has 1 saturated heterocycles. The topological polar surface area (TPSA) is 58.4 Å². The first-order valence-electron chi connectivity index (χ1n) is 7.37. The van der Waals surface area contributed by atoms with Crippen molar-refractivity contribution in [1.29, 1.82) is 0 Å². The Morgan fingerprint density at radius 3 is 2.95 bits per heavy atom. The molecule has 0 spiro atoms. The second kappa shape index (κ2) is 6.27. The molecule has 0 aromatic heterocycles. The third-order valence-electron chi connectivity index (χ3n) is 4.39. The van der Waals surface area contributed by atoms with Gasteiger partial charge in [-0.1, -0.05) is 13.0 Å². The van der Waals surface area contributed by atoms with Gasteiger partial charge in [0.25, 0.3) is 0 Å². The Hall–Kier alpha value is -1.55. The van der Waals surface area contributed by atoms with Crippen LogP contribution in [0.5, 0.6) is 0 Å². The molecule has 1 amide bonds. The molecule has 20 heavy (non-hydrogen) atoms. The van der Waals surface area contributed by atoms with Gasteiger partial charge in [-0.3, -0.25) is 9.69 Å². The van der Waals surface area contributed by atoms with Crippen LogP contribution in [0.3, 0.4) is 0 Å². The number of anilines is 2. The quantitative estimate of drug-likeness (QED) is 0.834. The number of carbonyl (C=O) groups is 1. The molecule has 0 aliphatic carbocycles. The van der Waals surface area contributed by atoms with Gasteiger partial charge in [0.2, 0.25) is 5.91 Å². The van der Waals surface area contributed by atoms with E-state index in [0.717, 1.165) is 17.8 Å². The van der Waals surface area contributed by atoms with Crippen LogP contribution < -0.4 is 11.1 Å². The number of nitrogens with zero attached hydrogens (tertiary/aromatic N) is 1. The normalized spacial score (nSPS) is 23.6. The lowest BCUT2D eigenvalue weighted by Gasteiger charge is -2.37. The zero-order chi connectivity index (χ0) is 14.7. The van der Waals surface area contributed by atoms with E-state index in [2.05, 4.69) is 24.1 Å². The maximum absolute atomic E-state index is 12.2. The minimum Gasteiger partial charge on any atom is -0.399 e. The van der Waals surface area contributed by atoms with Crippen molar-refractivity contribution < 1.29 is 4.79 Å². The van der Waals surface area contributed by atoms with Crippen LogP contribution in [0.1, 0.15) is 32.3 Å². The van der Waals surface area contributed by atoms with E-state index in [1.165, 1.54) is 12.8 Å². The molecule has 110 valence electrons. The van der Waals surface area contributed by atoms with Crippen molar-refractivity contribution in [3.63, 3.8) is 0 Å². The fraction of sp³-hybridized carbons (Fsp3) is 0.562. The summed E-state index contributed by atoms with van der Waals surface area (Å²) >= 11 is 0. The summed E-state index contributed by atoms with van der Waals surface area (Å²) in [5, 5.41) is 2.97. The van der Waals surface area contributed by atoms with Crippen molar-refractivity contribution in [2.45, 2.75) is 39.7 Å². The van der Waals surface area contributed by atoms with E-state index in [0.29, 0.717) is 24.2 Å². The van der Waals surface area contributed by atoms with E-state index in [4.69, 9.17) is 5.73 Å². The fourth-order valence-corrected chi connectivity index (χ4v) is 2.79. The third kappa shape index (κ3) is 3.51. The molecule has 2 rings (SSSR count). The van der Waals surface area contributed by atoms with E-state index in [1.54, 1.807) is 0 Å². The van der Waals surface area contributed by atoms with Crippen molar-refractivity contribution in [2.75, 3.05) is 24.1 Å². The Morgan fingerprint density at radius 2 is 2.20 bits per heavy atom. The lowest BCUT2D eigenvalue weighted by molar-refractivity contribution is -0.118. The van der Waals surface area contributed by atoms with Crippen molar-refractivity contribution in [1.82, 2.24) is 4.90 Å². The molecule has 1 aromatic rings. The molecule has 0 bridgehead atoms. The van der Waals surface area contributed by atoms with E-state index in [-0.39, 0.29) is 5.91 Å². The number of nitrogen functional groups attached to an aromatic ring is 1. The number of aryl methyl sites for hydroxylation is 1. The summed E-state index contributed by atoms with van der Waals surface area (Å²) < 4.78 is 0. The van der Waals surface area contributed by atoms with E-state index in [9.17, 15) is 4.79 Å². The molecule has 1 heterocycles. The van der Waals surface area contributed by atoms with Gasteiger partial charge in [-0.05, 0) is 56.8 Å². The molecule has 1 aliphatic heterocycles. The standard InChI is InChI=1S/C16H25N3O/c1-11-5-4-8-19(13(11)3)10-16(20)18-15-9-14(17)7-6-12(15)2/h6-7,9,11,13H,4-5,8,10,17H2,1-3H3,(H,18,20). The molecule has 4 nitrogen and oxygen atoms in total. The van der Waals surface area contributed by atoms with Crippen LogP contribution in [-0.2, 0) is 4.79 Å². The number of benzene rings is 1. The molecule has 0 saturated carbocycles. The number of nitrogens with two attached hydrogens (primary N) is 1. The van der Waals surface area contributed by atoms with Gasteiger partial charge in [0.15, 0.2) is 0 Å². The van der Waals surface area contributed by atoms with Gasteiger partial charge >= 0.3 is 0 Å². The van der Waals surface area contributed by atoms with E-state index >= 15 is 0 Å². The Kier molecular flexibility index (Phi) is 4.65. The Labute approximate surface area is 121 Å². The van der Waals surface area contributed by atoms with E-state index < -0.39 is 0 Å². The summed E-state index contributed by atoms with van der Waals surface area (Å²) in [7, 11) is 0. The number of nitrogens with one attached hydrogen (secondary N) is 1. The highest BCUT2D eigenvalue weighted by molar-refractivity contribution is 5.93. The first-order chi connectivity index (χ1) is 9.47. The zero-order valence-corrected chi connectivity index (χ0v) is 12.6. The highest BCUT2D eigenvalue weighted by atomic mass is 16.2. The van der Waals surface area contributed by atoms with Crippen LogP contribution in [0.25, 0.3) is 0 Å². The van der Waals surface area contributed by atoms with Crippen molar-refractivity contribution in [3.8, 4) is 0 Å². The summed E-state index contributed by atoms with van der Waals surface area (Å²) in [5.41, 5.74) is 8.29. The molecule has 1 aliphatic rings. The number of likely N-dealkylation sites (tertiary alicyclic amines) is 1. The minimum absolute atomic E-state index is 0.0413. The molecule has 0 radical (unpaired) electrons. The summed E-state index contributed by atoms with van der Waals surface area (Å²) in [6.45, 7) is 7.91. The van der Waals surface area contributed by atoms with Crippen LogP contribution in [0.4, 0.5) is 11.4 Å². The average molecular weight is 275 g/mol. The van der Waals surface area contributed by atoms with Crippen LogP contribution in [0.15, 0.2) is 18.2 Å². The molecule has 1 fully saturated rings. The van der Waals surface area contributed by atoms with Gasteiger partial charge in [-0.2, -0.15) is 0 Å². The number of hydrogen-bond donors (Lipinski definition) is 2. The Balaban J connectivity index is 1.97. The number of carbonyl (C=O) groups excluding carboxylic acids is 1. The second-order valence-electron chi connectivity index (χ2n) is 5.95. The van der Waals surface area contributed by atoms with Crippen LogP contribution in [0, 0.1) is 12.8 Å². The first-order valence-corrected chi connectivity index (χ1v) is 7.37.